The predicted octanol–water partition coefficient (Wildman–Crippen LogP) is 3.81. The minimum atomic E-state index is -0.243. The molecule has 2 rings (SSSR count). The van der Waals surface area contributed by atoms with E-state index in [1.54, 1.807) is 0 Å². The van der Waals surface area contributed by atoms with Gasteiger partial charge in [0, 0.05) is 23.9 Å². The molecule has 25 heavy (non-hydrogen) atoms. The van der Waals surface area contributed by atoms with Crippen molar-refractivity contribution in [3.8, 4) is 0 Å². The number of amides is 2. The van der Waals surface area contributed by atoms with Crippen LogP contribution in [-0.2, 0) is 15.0 Å². The largest absolute Gasteiger partial charge is 0.326 e. The van der Waals surface area contributed by atoms with Gasteiger partial charge in [0.2, 0.25) is 16.9 Å². The first kappa shape index (κ1) is 19.1. The zero-order chi connectivity index (χ0) is 18.6. The van der Waals surface area contributed by atoms with Crippen molar-refractivity contribution in [2.24, 2.45) is 0 Å². The highest BCUT2D eigenvalue weighted by Crippen LogP contribution is 2.27. The van der Waals surface area contributed by atoms with E-state index in [1.807, 2.05) is 52.8 Å². The summed E-state index contributed by atoms with van der Waals surface area (Å²) in [5.41, 5.74) is 2.74. The first-order valence-electron chi connectivity index (χ1n) is 8.16. The van der Waals surface area contributed by atoms with Gasteiger partial charge in [-0.05, 0) is 31.0 Å². The molecule has 6 nitrogen and oxygen atoms in total. The zero-order valence-corrected chi connectivity index (χ0v) is 16.1. The molecule has 2 amide bonds. The highest BCUT2D eigenvalue weighted by molar-refractivity contribution is 7.15. The van der Waals surface area contributed by atoms with E-state index in [1.165, 1.54) is 11.3 Å². The fraction of sp³-hybridized carbons (Fsp3) is 0.444. The highest BCUT2D eigenvalue weighted by Gasteiger charge is 2.20. The molecule has 0 saturated heterocycles. The smallest absolute Gasteiger partial charge is 0.226 e. The van der Waals surface area contributed by atoms with Crippen LogP contribution in [-0.4, -0.2) is 22.0 Å². The van der Waals surface area contributed by atoms with Crippen LogP contribution < -0.4 is 10.6 Å². The maximum atomic E-state index is 12.1. The number of hydrogen-bond acceptors (Lipinski definition) is 5. The Morgan fingerprint density at radius 3 is 2.28 bits per heavy atom. The third-order valence-electron chi connectivity index (χ3n) is 3.56. The molecule has 0 radical (unpaired) electrons. The SMILES string of the molecule is Cc1ccc(C)c(NC(=O)CCC(=O)Nc2nnc(C(C)(C)C)s2)c1. The number of carbonyl (C=O) groups excluding carboxylic acids is 2. The number of aryl methyl sites for hydroxylation is 2. The number of anilines is 2. The Morgan fingerprint density at radius 2 is 1.68 bits per heavy atom. The Labute approximate surface area is 152 Å². The molecule has 1 aromatic heterocycles. The molecule has 2 N–H and O–H groups in total. The van der Waals surface area contributed by atoms with Gasteiger partial charge in [0.05, 0.1) is 0 Å². The van der Waals surface area contributed by atoms with Crippen LogP contribution >= 0.6 is 11.3 Å². The van der Waals surface area contributed by atoms with Gasteiger partial charge in [0.1, 0.15) is 5.01 Å². The van der Waals surface area contributed by atoms with Gasteiger partial charge in [-0.3, -0.25) is 9.59 Å². The standard InChI is InChI=1S/C18H24N4O2S/c1-11-6-7-12(2)13(10-11)19-14(23)8-9-15(24)20-17-22-21-16(25-17)18(3,4)5/h6-7,10H,8-9H2,1-5H3,(H,19,23)(H,20,22,24). The number of benzene rings is 1. The maximum absolute atomic E-state index is 12.1. The van der Waals surface area contributed by atoms with E-state index in [0.29, 0.717) is 5.13 Å². The molecule has 134 valence electrons. The van der Waals surface area contributed by atoms with Gasteiger partial charge in [-0.2, -0.15) is 0 Å². The molecular formula is C18H24N4O2S. The zero-order valence-electron chi connectivity index (χ0n) is 15.3. The first-order valence-corrected chi connectivity index (χ1v) is 8.98. The minimum Gasteiger partial charge on any atom is -0.326 e. The molecule has 0 aliphatic heterocycles. The van der Waals surface area contributed by atoms with Crippen LogP contribution in [0.4, 0.5) is 10.8 Å². The second kappa shape index (κ2) is 7.74. The lowest BCUT2D eigenvalue weighted by atomic mass is 9.98. The van der Waals surface area contributed by atoms with Crippen molar-refractivity contribution in [1.29, 1.82) is 0 Å². The number of nitrogens with one attached hydrogen (secondary N) is 2. The Balaban J connectivity index is 1.84. The first-order chi connectivity index (χ1) is 11.6. The van der Waals surface area contributed by atoms with E-state index in [0.717, 1.165) is 21.8 Å². The molecule has 7 heteroatoms. The summed E-state index contributed by atoms with van der Waals surface area (Å²) in [6.45, 7) is 10.0. The van der Waals surface area contributed by atoms with Gasteiger partial charge in [-0.25, -0.2) is 0 Å². The van der Waals surface area contributed by atoms with Gasteiger partial charge in [-0.1, -0.05) is 44.2 Å². The highest BCUT2D eigenvalue weighted by atomic mass is 32.1. The van der Waals surface area contributed by atoms with Crippen LogP contribution in [0.15, 0.2) is 18.2 Å². The molecule has 1 heterocycles. The Hall–Kier alpha value is -2.28. The minimum absolute atomic E-state index is 0.0983. The van der Waals surface area contributed by atoms with Gasteiger partial charge in [0.15, 0.2) is 0 Å². The number of carbonyl (C=O) groups is 2. The quantitative estimate of drug-likeness (QED) is 0.849. The third kappa shape index (κ3) is 5.63. The van der Waals surface area contributed by atoms with Crippen molar-refractivity contribution < 1.29 is 9.59 Å². The van der Waals surface area contributed by atoms with Crippen LogP contribution in [0.2, 0.25) is 0 Å². The van der Waals surface area contributed by atoms with E-state index in [2.05, 4.69) is 20.8 Å². The van der Waals surface area contributed by atoms with E-state index >= 15 is 0 Å². The molecule has 0 unspecified atom stereocenters. The van der Waals surface area contributed by atoms with Crippen molar-refractivity contribution in [2.75, 3.05) is 10.6 Å². The molecule has 1 aromatic carbocycles. The van der Waals surface area contributed by atoms with E-state index < -0.39 is 0 Å². The van der Waals surface area contributed by atoms with Gasteiger partial charge < -0.3 is 10.6 Å². The number of aromatic nitrogens is 2. The molecular weight excluding hydrogens is 336 g/mol. The van der Waals surface area contributed by atoms with Crippen LogP contribution in [0.25, 0.3) is 0 Å². The summed E-state index contributed by atoms with van der Waals surface area (Å²) in [6, 6.07) is 5.87. The second-order valence-electron chi connectivity index (χ2n) is 7.08. The second-order valence-corrected chi connectivity index (χ2v) is 8.05. The maximum Gasteiger partial charge on any atom is 0.226 e. The fourth-order valence-electron chi connectivity index (χ4n) is 2.07. The summed E-state index contributed by atoms with van der Waals surface area (Å²) >= 11 is 1.35. The van der Waals surface area contributed by atoms with Crippen molar-refractivity contribution in [1.82, 2.24) is 10.2 Å². The van der Waals surface area contributed by atoms with Gasteiger partial charge in [-0.15, -0.1) is 10.2 Å². The van der Waals surface area contributed by atoms with Crippen molar-refractivity contribution in [3.05, 3.63) is 34.3 Å². The predicted molar refractivity (Wildman–Crippen MR) is 101 cm³/mol. The summed E-state index contributed by atoms with van der Waals surface area (Å²) < 4.78 is 0. The molecule has 0 saturated carbocycles. The van der Waals surface area contributed by atoms with Crippen LogP contribution in [0.5, 0.6) is 0 Å². The molecule has 0 aliphatic rings. The van der Waals surface area contributed by atoms with Crippen LogP contribution in [0.3, 0.4) is 0 Å². The summed E-state index contributed by atoms with van der Waals surface area (Å²) in [5, 5.41) is 14.9. The average Bonchev–Trinajstić information content (AvgIpc) is 2.97. The lowest BCUT2D eigenvalue weighted by molar-refractivity contribution is -0.121. The summed E-state index contributed by atoms with van der Waals surface area (Å²) in [5.74, 6) is -0.427. The van der Waals surface area contributed by atoms with E-state index in [-0.39, 0.29) is 30.1 Å². The van der Waals surface area contributed by atoms with E-state index in [9.17, 15) is 9.59 Å². The number of rotatable bonds is 5. The number of hydrogen-bond donors (Lipinski definition) is 2. The molecule has 0 aliphatic carbocycles. The molecule has 2 aromatic rings. The van der Waals surface area contributed by atoms with Crippen molar-refractivity contribution >= 4 is 34.0 Å². The van der Waals surface area contributed by atoms with E-state index in [4.69, 9.17) is 0 Å². The molecule has 0 spiro atoms. The lowest BCUT2D eigenvalue weighted by Gasteiger charge is -2.12. The van der Waals surface area contributed by atoms with Crippen LogP contribution in [0, 0.1) is 13.8 Å². The fourth-order valence-corrected chi connectivity index (χ4v) is 2.89. The number of nitrogens with zero attached hydrogens (tertiary/aromatic N) is 2. The Kier molecular flexibility index (Phi) is 5.89. The normalized spacial score (nSPS) is 11.2. The average molecular weight is 360 g/mol. The lowest BCUT2D eigenvalue weighted by Crippen LogP contribution is -2.17. The Bertz CT molecular complexity index is 778. The van der Waals surface area contributed by atoms with Crippen LogP contribution in [0.1, 0.15) is 49.7 Å². The van der Waals surface area contributed by atoms with Gasteiger partial charge >= 0.3 is 0 Å². The molecule has 0 fully saturated rings. The summed E-state index contributed by atoms with van der Waals surface area (Å²) in [7, 11) is 0. The van der Waals surface area contributed by atoms with Crippen molar-refractivity contribution in [3.63, 3.8) is 0 Å². The van der Waals surface area contributed by atoms with Crippen molar-refractivity contribution in [2.45, 2.75) is 52.9 Å². The topological polar surface area (TPSA) is 84.0 Å². The van der Waals surface area contributed by atoms with Gasteiger partial charge in [0.25, 0.3) is 0 Å². The molecule has 0 atom stereocenters. The third-order valence-corrected chi connectivity index (χ3v) is 4.82. The molecule has 0 bridgehead atoms. The summed E-state index contributed by atoms with van der Waals surface area (Å²) in [4.78, 5) is 24.0. The monoisotopic (exact) mass is 360 g/mol. The Morgan fingerprint density at radius 1 is 1.04 bits per heavy atom. The summed E-state index contributed by atoms with van der Waals surface area (Å²) in [6.07, 6.45) is 0.214.